The van der Waals surface area contributed by atoms with E-state index in [0.29, 0.717) is 6.54 Å². The normalized spacial score (nSPS) is 12.2. The molecule has 5 heteroatoms. The molecule has 0 bridgehead atoms. The molecule has 0 saturated heterocycles. The molecular formula is C25H25NO4. The van der Waals surface area contributed by atoms with Crippen LogP contribution in [0.5, 0.6) is 5.75 Å². The van der Waals surface area contributed by atoms with Gasteiger partial charge in [-0.25, -0.2) is 4.79 Å². The van der Waals surface area contributed by atoms with Gasteiger partial charge in [-0.1, -0.05) is 60.7 Å². The minimum Gasteiger partial charge on any atom is -0.497 e. The van der Waals surface area contributed by atoms with Crippen molar-refractivity contribution in [1.29, 1.82) is 0 Å². The summed E-state index contributed by atoms with van der Waals surface area (Å²) in [4.78, 5) is 14.3. The fourth-order valence-electron chi connectivity index (χ4n) is 3.99. The van der Waals surface area contributed by atoms with E-state index >= 15 is 0 Å². The van der Waals surface area contributed by atoms with Crippen LogP contribution < -0.4 is 4.74 Å². The van der Waals surface area contributed by atoms with Crippen LogP contribution in [0.2, 0.25) is 0 Å². The van der Waals surface area contributed by atoms with Gasteiger partial charge in [-0.3, -0.25) is 0 Å². The molecule has 4 rings (SSSR count). The van der Waals surface area contributed by atoms with Gasteiger partial charge in [0.2, 0.25) is 0 Å². The van der Waals surface area contributed by atoms with Crippen molar-refractivity contribution in [1.82, 2.24) is 4.90 Å². The zero-order valence-electron chi connectivity index (χ0n) is 17.0. The zero-order valence-corrected chi connectivity index (χ0v) is 17.0. The van der Waals surface area contributed by atoms with Crippen molar-refractivity contribution in [3.05, 3.63) is 89.5 Å². The van der Waals surface area contributed by atoms with Gasteiger partial charge in [0.15, 0.2) is 0 Å². The SMILES string of the molecule is COc1ccc(CN(CCO)C(=O)OCC2c3ccccc3-c3ccccc32)cc1. The van der Waals surface area contributed by atoms with Gasteiger partial charge in [-0.2, -0.15) is 0 Å². The number of methoxy groups -OCH3 is 1. The largest absolute Gasteiger partial charge is 0.497 e. The van der Waals surface area contributed by atoms with Crippen LogP contribution in [0.1, 0.15) is 22.6 Å². The molecule has 0 spiro atoms. The molecule has 1 amide bonds. The van der Waals surface area contributed by atoms with Gasteiger partial charge >= 0.3 is 6.09 Å². The molecule has 0 unspecified atom stereocenters. The summed E-state index contributed by atoms with van der Waals surface area (Å²) in [6.45, 7) is 0.710. The van der Waals surface area contributed by atoms with Gasteiger partial charge in [0.25, 0.3) is 0 Å². The highest BCUT2D eigenvalue weighted by Crippen LogP contribution is 2.44. The summed E-state index contributed by atoms with van der Waals surface area (Å²) in [5.41, 5.74) is 5.68. The van der Waals surface area contributed by atoms with E-state index in [1.807, 2.05) is 48.5 Å². The number of carbonyl (C=O) groups excluding carboxylic acids is 1. The minimum absolute atomic E-state index is 0.0123. The fraction of sp³-hybridized carbons (Fsp3) is 0.240. The molecule has 3 aromatic rings. The van der Waals surface area contributed by atoms with E-state index in [1.54, 1.807) is 7.11 Å². The third-order valence-corrected chi connectivity index (χ3v) is 5.50. The monoisotopic (exact) mass is 403 g/mol. The Hall–Kier alpha value is -3.31. The van der Waals surface area contributed by atoms with E-state index in [2.05, 4.69) is 24.3 Å². The average Bonchev–Trinajstić information content (AvgIpc) is 3.11. The molecule has 0 aliphatic heterocycles. The number of fused-ring (bicyclic) bond motifs is 3. The summed E-state index contributed by atoms with van der Waals surface area (Å²) >= 11 is 0. The predicted octanol–water partition coefficient (Wildman–Crippen LogP) is 4.44. The van der Waals surface area contributed by atoms with Crippen molar-refractivity contribution in [2.24, 2.45) is 0 Å². The molecule has 3 aromatic carbocycles. The molecule has 0 aromatic heterocycles. The standard InChI is InChI=1S/C25H25NO4/c1-29-19-12-10-18(11-13-19)16-26(14-15-27)25(28)30-17-24-22-8-4-2-6-20(22)21-7-3-5-9-23(21)24/h2-13,24,27H,14-17H2,1H3. The van der Waals surface area contributed by atoms with Gasteiger partial charge in [-0.05, 0) is 39.9 Å². The number of nitrogens with zero attached hydrogens (tertiary/aromatic N) is 1. The molecule has 154 valence electrons. The second-order valence-corrected chi connectivity index (χ2v) is 7.30. The maximum atomic E-state index is 12.8. The van der Waals surface area contributed by atoms with E-state index in [4.69, 9.17) is 9.47 Å². The number of carbonyl (C=O) groups is 1. The summed E-state index contributed by atoms with van der Waals surface area (Å²) in [6, 6.07) is 24.0. The first-order valence-corrected chi connectivity index (χ1v) is 10.0. The highest BCUT2D eigenvalue weighted by atomic mass is 16.6. The molecule has 1 aliphatic carbocycles. The topological polar surface area (TPSA) is 59.0 Å². The zero-order chi connectivity index (χ0) is 20.9. The fourth-order valence-corrected chi connectivity index (χ4v) is 3.99. The second kappa shape index (κ2) is 9.01. The van der Waals surface area contributed by atoms with Crippen LogP contribution in [-0.4, -0.2) is 43.0 Å². The Kier molecular flexibility index (Phi) is 6.00. The smallest absolute Gasteiger partial charge is 0.410 e. The number of aliphatic hydroxyl groups excluding tert-OH is 1. The van der Waals surface area contributed by atoms with E-state index in [9.17, 15) is 9.90 Å². The lowest BCUT2D eigenvalue weighted by atomic mass is 9.98. The minimum atomic E-state index is -0.429. The maximum absolute atomic E-state index is 12.8. The van der Waals surface area contributed by atoms with Gasteiger partial charge in [-0.15, -0.1) is 0 Å². The molecular weight excluding hydrogens is 378 g/mol. The van der Waals surface area contributed by atoms with Crippen molar-refractivity contribution >= 4 is 6.09 Å². The molecule has 0 heterocycles. The second-order valence-electron chi connectivity index (χ2n) is 7.30. The highest BCUT2D eigenvalue weighted by molar-refractivity contribution is 5.79. The molecule has 0 saturated carbocycles. The number of ether oxygens (including phenoxy) is 2. The van der Waals surface area contributed by atoms with Crippen LogP contribution in [0, 0.1) is 0 Å². The van der Waals surface area contributed by atoms with E-state index in [-0.39, 0.29) is 25.7 Å². The first-order chi connectivity index (χ1) is 14.7. The summed E-state index contributed by atoms with van der Waals surface area (Å²) in [5, 5.41) is 9.42. The van der Waals surface area contributed by atoms with Gasteiger partial charge in [0, 0.05) is 19.0 Å². The van der Waals surface area contributed by atoms with Crippen LogP contribution in [0.3, 0.4) is 0 Å². The number of hydrogen-bond donors (Lipinski definition) is 1. The number of aliphatic hydroxyl groups is 1. The molecule has 0 fully saturated rings. The number of benzene rings is 3. The van der Waals surface area contributed by atoms with Gasteiger partial charge in [0.1, 0.15) is 12.4 Å². The van der Waals surface area contributed by atoms with Crippen molar-refractivity contribution in [3.63, 3.8) is 0 Å². The highest BCUT2D eigenvalue weighted by Gasteiger charge is 2.29. The van der Waals surface area contributed by atoms with Gasteiger partial charge in [0.05, 0.1) is 13.7 Å². The number of hydrogen-bond acceptors (Lipinski definition) is 4. The molecule has 0 atom stereocenters. The van der Waals surface area contributed by atoms with Gasteiger partial charge < -0.3 is 19.5 Å². The molecule has 30 heavy (non-hydrogen) atoms. The maximum Gasteiger partial charge on any atom is 0.410 e. The lowest BCUT2D eigenvalue weighted by Crippen LogP contribution is -2.34. The Labute approximate surface area is 176 Å². The Morgan fingerprint density at radius 2 is 1.53 bits per heavy atom. The van der Waals surface area contributed by atoms with Crippen LogP contribution in [0.4, 0.5) is 4.79 Å². The first kappa shape index (κ1) is 20.0. The Morgan fingerprint density at radius 1 is 0.933 bits per heavy atom. The number of rotatable bonds is 7. The quantitative estimate of drug-likeness (QED) is 0.634. The number of amides is 1. The van der Waals surface area contributed by atoms with Crippen molar-refractivity contribution in [2.75, 3.05) is 26.9 Å². The third-order valence-electron chi connectivity index (χ3n) is 5.50. The Morgan fingerprint density at radius 3 is 2.10 bits per heavy atom. The van der Waals surface area contributed by atoms with Crippen molar-refractivity contribution < 1.29 is 19.4 Å². The first-order valence-electron chi connectivity index (χ1n) is 10.0. The summed E-state index contributed by atoms with van der Waals surface area (Å²) in [7, 11) is 1.61. The lowest BCUT2D eigenvalue weighted by molar-refractivity contribution is 0.0891. The van der Waals surface area contributed by atoms with Crippen LogP contribution in [0.25, 0.3) is 11.1 Å². The van der Waals surface area contributed by atoms with Crippen LogP contribution in [0.15, 0.2) is 72.8 Å². The summed E-state index contributed by atoms with van der Waals surface area (Å²) in [5.74, 6) is 0.770. The lowest BCUT2D eigenvalue weighted by Gasteiger charge is -2.23. The molecule has 1 N–H and O–H groups in total. The van der Waals surface area contributed by atoms with Crippen molar-refractivity contribution in [2.45, 2.75) is 12.5 Å². The molecule has 1 aliphatic rings. The third kappa shape index (κ3) is 4.02. The van der Waals surface area contributed by atoms with Crippen LogP contribution >= 0.6 is 0 Å². The van der Waals surface area contributed by atoms with E-state index in [0.717, 1.165) is 11.3 Å². The Bertz CT molecular complexity index is 970. The van der Waals surface area contributed by atoms with E-state index in [1.165, 1.54) is 27.2 Å². The predicted molar refractivity (Wildman–Crippen MR) is 116 cm³/mol. The van der Waals surface area contributed by atoms with Crippen molar-refractivity contribution in [3.8, 4) is 16.9 Å². The van der Waals surface area contributed by atoms with Crippen LogP contribution in [-0.2, 0) is 11.3 Å². The van der Waals surface area contributed by atoms with E-state index < -0.39 is 6.09 Å². The average molecular weight is 403 g/mol. The molecule has 0 radical (unpaired) electrons. The molecule has 5 nitrogen and oxygen atoms in total. The summed E-state index contributed by atoms with van der Waals surface area (Å²) in [6.07, 6.45) is -0.429. The Balaban J connectivity index is 1.47. The summed E-state index contributed by atoms with van der Waals surface area (Å²) < 4.78 is 10.9.